The van der Waals surface area contributed by atoms with E-state index in [1.807, 2.05) is 0 Å². The second-order valence-electron chi connectivity index (χ2n) is 8.13. The molecule has 0 bridgehead atoms. The van der Waals surface area contributed by atoms with Gasteiger partial charge in [-0.05, 0) is 35.7 Å². The molecule has 0 spiro atoms. The van der Waals surface area contributed by atoms with E-state index >= 15 is 0 Å². The molecule has 1 aliphatic rings. The Morgan fingerprint density at radius 3 is 0.925 bits per heavy atom. The minimum absolute atomic E-state index is 0.0710. The lowest BCUT2D eigenvalue weighted by atomic mass is 9.84. The summed E-state index contributed by atoms with van der Waals surface area (Å²) in [6.45, 7) is 7.72. The summed E-state index contributed by atoms with van der Waals surface area (Å²) in [5.41, 5.74) is -0.430. The van der Waals surface area contributed by atoms with Crippen molar-refractivity contribution in [2.75, 3.05) is 0 Å². The van der Waals surface area contributed by atoms with Gasteiger partial charge in [-0.3, -0.25) is 38.4 Å². The lowest BCUT2D eigenvalue weighted by Gasteiger charge is -2.26. The van der Waals surface area contributed by atoms with Crippen LogP contribution in [0, 0.1) is 0 Å². The first kappa shape index (κ1) is 32.4. The minimum atomic E-state index is -0.659. The van der Waals surface area contributed by atoms with Crippen molar-refractivity contribution in [2.24, 2.45) is 0 Å². The van der Waals surface area contributed by atoms with Crippen LogP contribution in [0.25, 0.3) is 0 Å². The van der Waals surface area contributed by atoms with E-state index in [1.54, 1.807) is 0 Å². The zero-order valence-electron chi connectivity index (χ0n) is 21.9. The highest BCUT2D eigenvalue weighted by atomic mass is 32.2. The molecule has 208 valence electrons. The highest BCUT2D eigenvalue weighted by molar-refractivity contribution is 8.18. The largest absolute Gasteiger partial charge is 0.289 e. The molecule has 0 fully saturated rings. The van der Waals surface area contributed by atoms with E-state index in [0.717, 1.165) is 47.0 Å². The number of fused-ring (bicyclic) bond motifs is 2. The zero-order valence-corrected chi connectivity index (χ0v) is 26.8. The van der Waals surface area contributed by atoms with Gasteiger partial charge in [0, 0.05) is 93.2 Å². The number of benzene rings is 2. The molecule has 14 heteroatoms. The molecule has 1 aliphatic carbocycles. The van der Waals surface area contributed by atoms with Crippen LogP contribution in [-0.4, -0.2) is 42.3 Å². The lowest BCUT2D eigenvalue weighted by Crippen LogP contribution is -2.24. The van der Waals surface area contributed by atoms with E-state index in [0.29, 0.717) is 23.5 Å². The molecular formula is C26H20O8S6. The van der Waals surface area contributed by atoms with Gasteiger partial charge in [-0.15, -0.1) is 0 Å². The van der Waals surface area contributed by atoms with E-state index in [4.69, 9.17) is 0 Å². The average Bonchev–Trinajstić information content (AvgIpc) is 2.79. The van der Waals surface area contributed by atoms with Crippen molar-refractivity contribution in [3.8, 4) is 0 Å². The maximum absolute atomic E-state index is 14.1. The van der Waals surface area contributed by atoms with Crippen LogP contribution in [-0.2, 0) is 28.8 Å². The van der Waals surface area contributed by atoms with Crippen molar-refractivity contribution in [1.29, 1.82) is 0 Å². The summed E-state index contributed by atoms with van der Waals surface area (Å²) in [5, 5.41) is -2.26. The number of hydrogen-bond acceptors (Lipinski definition) is 14. The Hall–Kier alpha value is -2.10. The van der Waals surface area contributed by atoms with Crippen molar-refractivity contribution >= 4 is 113 Å². The van der Waals surface area contributed by atoms with Crippen molar-refractivity contribution < 1.29 is 38.4 Å². The third-order valence-electron chi connectivity index (χ3n) is 4.84. The Bertz CT molecular complexity index is 1440. The fraction of sp³-hybridized carbons (Fsp3) is 0.231. The summed E-state index contributed by atoms with van der Waals surface area (Å²) in [4.78, 5) is 102. The molecular weight excluding hydrogens is 633 g/mol. The molecule has 0 unspecified atom stereocenters. The molecule has 0 radical (unpaired) electrons. The SMILES string of the molecule is CC(=O)Sc1cc2c(c(SC(C)=O)c1SC(C)=O)C(=O)c1cc(SC(C)=O)c(SC(C)=O)c(SC(C)=O)c1C2=O. The summed E-state index contributed by atoms with van der Waals surface area (Å²) in [7, 11) is 0. The summed E-state index contributed by atoms with van der Waals surface area (Å²) >= 11 is 4.32. The van der Waals surface area contributed by atoms with Crippen LogP contribution >= 0.6 is 70.6 Å². The number of hydrogen-bond donors (Lipinski definition) is 0. The number of carbonyl (C=O) groups excluding carboxylic acids is 8. The van der Waals surface area contributed by atoms with E-state index in [1.165, 1.54) is 53.7 Å². The molecule has 0 N–H and O–H groups in total. The number of carbonyl (C=O) groups is 8. The quantitative estimate of drug-likeness (QED) is 0.276. The van der Waals surface area contributed by atoms with Crippen molar-refractivity contribution in [1.82, 2.24) is 0 Å². The minimum Gasteiger partial charge on any atom is -0.289 e. The third-order valence-corrected chi connectivity index (χ3v) is 10.6. The van der Waals surface area contributed by atoms with Crippen LogP contribution in [0.3, 0.4) is 0 Å². The van der Waals surface area contributed by atoms with Crippen LogP contribution in [0.15, 0.2) is 41.5 Å². The summed E-state index contributed by atoms with van der Waals surface area (Å²) in [6.07, 6.45) is 0. The first-order valence-corrected chi connectivity index (χ1v) is 16.1. The van der Waals surface area contributed by atoms with Gasteiger partial charge in [-0.2, -0.15) is 0 Å². The summed E-state index contributed by atoms with van der Waals surface area (Å²) < 4.78 is 0. The van der Waals surface area contributed by atoms with Crippen LogP contribution in [0.4, 0.5) is 0 Å². The first-order chi connectivity index (χ1) is 18.6. The fourth-order valence-electron chi connectivity index (χ4n) is 3.74. The summed E-state index contributed by atoms with van der Waals surface area (Å²) in [5.74, 6) is -1.32. The van der Waals surface area contributed by atoms with Gasteiger partial charge in [0.25, 0.3) is 0 Å². The number of ketones is 2. The van der Waals surface area contributed by atoms with Crippen molar-refractivity contribution in [2.45, 2.75) is 70.9 Å². The molecule has 8 nitrogen and oxygen atoms in total. The Balaban J connectivity index is 2.51. The predicted octanol–water partition coefficient (Wildman–Crippen LogP) is 6.29. The second kappa shape index (κ2) is 13.3. The normalized spacial score (nSPS) is 12.1. The van der Waals surface area contributed by atoms with Gasteiger partial charge < -0.3 is 0 Å². The Morgan fingerprint density at radius 2 is 0.675 bits per heavy atom. The van der Waals surface area contributed by atoms with Crippen LogP contribution < -0.4 is 0 Å². The summed E-state index contributed by atoms with van der Waals surface area (Å²) in [6, 6.07) is 2.69. The van der Waals surface area contributed by atoms with Gasteiger partial charge >= 0.3 is 0 Å². The maximum Gasteiger partial charge on any atom is 0.195 e. The van der Waals surface area contributed by atoms with Crippen molar-refractivity contribution in [3.05, 3.63) is 34.4 Å². The molecule has 40 heavy (non-hydrogen) atoms. The zero-order chi connectivity index (χ0) is 30.0. The molecule has 0 atom stereocenters. The predicted molar refractivity (Wildman–Crippen MR) is 159 cm³/mol. The molecule has 0 heterocycles. The Labute approximate surface area is 255 Å². The van der Waals surface area contributed by atoms with Gasteiger partial charge in [0.2, 0.25) is 0 Å². The Morgan fingerprint density at radius 1 is 0.425 bits per heavy atom. The van der Waals surface area contributed by atoms with Crippen LogP contribution in [0.5, 0.6) is 0 Å². The third kappa shape index (κ3) is 7.21. The van der Waals surface area contributed by atoms with Gasteiger partial charge in [-0.25, -0.2) is 0 Å². The average molecular weight is 653 g/mol. The van der Waals surface area contributed by atoms with E-state index in [2.05, 4.69) is 0 Å². The van der Waals surface area contributed by atoms with E-state index < -0.39 is 21.8 Å². The molecule has 2 aromatic carbocycles. The van der Waals surface area contributed by atoms with Gasteiger partial charge in [0.15, 0.2) is 42.3 Å². The monoisotopic (exact) mass is 652 g/mol. The number of thioether (sulfide) groups is 6. The highest BCUT2D eigenvalue weighted by Gasteiger charge is 2.39. The molecule has 0 aromatic heterocycles. The van der Waals surface area contributed by atoms with Gasteiger partial charge in [0.05, 0.1) is 0 Å². The van der Waals surface area contributed by atoms with Gasteiger partial charge in [0.1, 0.15) is 0 Å². The molecule has 0 amide bonds. The molecule has 0 aliphatic heterocycles. The number of rotatable bonds is 6. The fourth-order valence-corrected chi connectivity index (χ4v) is 9.10. The first-order valence-electron chi connectivity index (χ1n) is 11.2. The van der Waals surface area contributed by atoms with E-state index in [-0.39, 0.29) is 72.1 Å². The van der Waals surface area contributed by atoms with Crippen LogP contribution in [0.1, 0.15) is 73.4 Å². The Kier molecular flexibility index (Phi) is 10.7. The smallest absolute Gasteiger partial charge is 0.195 e. The molecule has 0 saturated heterocycles. The second-order valence-corrected chi connectivity index (χ2v) is 15.3. The topological polar surface area (TPSA) is 137 Å². The molecule has 2 aromatic rings. The standard InChI is InChI=1S/C26H20O8S6/c1-9(27)35-17-7-15-19(25(39-13(5)31)23(17)37-11(3)29)22(34)16-8-18(36-10(2)28)24(38-12(4)30)26(40-14(6)32)20(16)21(15)33/h7-8H,1-6H3. The van der Waals surface area contributed by atoms with Crippen LogP contribution in [0.2, 0.25) is 0 Å². The van der Waals surface area contributed by atoms with E-state index in [9.17, 15) is 38.4 Å². The lowest BCUT2D eigenvalue weighted by molar-refractivity contribution is -0.110. The highest BCUT2D eigenvalue weighted by Crippen LogP contribution is 2.50. The molecule has 0 saturated carbocycles. The van der Waals surface area contributed by atoms with Gasteiger partial charge in [-0.1, -0.05) is 47.0 Å². The van der Waals surface area contributed by atoms with Crippen molar-refractivity contribution in [3.63, 3.8) is 0 Å². The molecule has 3 rings (SSSR count). The maximum atomic E-state index is 14.1.